The molecule has 124 valence electrons. The molecule has 1 aliphatic heterocycles. The predicted octanol–water partition coefficient (Wildman–Crippen LogP) is 1.60. The molecule has 0 aliphatic carbocycles. The second-order valence-corrected chi connectivity index (χ2v) is 6.18. The van der Waals surface area contributed by atoms with Gasteiger partial charge in [0, 0.05) is 37.3 Å². The smallest absolute Gasteiger partial charge is 0.151 e. The Labute approximate surface area is 140 Å². The van der Waals surface area contributed by atoms with Crippen LogP contribution in [0.5, 0.6) is 0 Å². The van der Waals surface area contributed by atoms with E-state index in [-0.39, 0.29) is 0 Å². The highest BCUT2D eigenvalue weighted by atomic mass is 15.3. The number of aryl methyl sites for hydroxylation is 1. The van der Waals surface area contributed by atoms with E-state index < -0.39 is 0 Å². The van der Waals surface area contributed by atoms with Crippen LogP contribution in [0.25, 0.3) is 5.69 Å². The Balaban J connectivity index is 1.35. The minimum Gasteiger partial charge on any atom is -0.370 e. The number of nitrogens with one attached hydrogen (secondary N) is 2. The van der Waals surface area contributed by atoms with Crippen LogP contribution in [-0.2, 0) is 13.1 Å². The molecule has 1 atom stereocenters. The zero-order valence-corrected chi connectivity index (χ0v) is 13.7. The molecule has 3 aromatic rings. The molecule has 0 saturated heterocycles. The number of anilines is 1. The Hall–Kier alpha value is -2.67. The van der Waals surface area contributed by atoms with Crippen LogP contribution in [0.2, 0.25) is 0 Å². The van der Waals surface area contributed by atoms with Gasteiger partial charge in [0.25, 0.3) is 0 Å². The number of hydrogen-bond acceptors (Lipinski definition) is 5. The lowest BCUT2D eigenvalue weighted by Gasteiger charge is -2.25. The van der Waals surface area contributed by atoms with E-state index in [1.54, 1.807) is 6.33 Å². The lowest BCUT2D eigenvalue weighted by molar-refractivity contribution is 0.388. The van der Waals surface area contributed by atoms with Crippen molar-refractivity contribution in [3.8, 4) is 5.69 Å². The van der Waals surface area contributed by atoms with Crippen molar-refractivity contribution in [2.75, 3.05) is 18.4 Å². The molecule has 2 aromatic heterocycles. The maximum atomic E-state index is 4.51. The summed E-state index contributed by atoms with van der Waals surface area (Å²) in [5.74, 6) is 2.54. The molecule has 24 heavy (non-hydrogen) atoms. The molecule has 2 N–H and O–H groups in total. The van der Waals surface area contributed by atoms with Crippen LogP contribution >= 0.6 is 0 Å². The van der Waals surface area contributed by atoms with E-state index >= 15 is 0 Å². The summed E-state index contributed by atoms with van der Waals surface area (Å²) in [6.07, 6.45) is 1.76. The second kappa shape index (κ2) is 6.45. The Morgan fingerprint density at radius 1 is 1.29 bits per heavy atom. The van der Waals surface area contributed by atoms with Crippen molar-refractivity contribution in [2.24, 2.45) is 5.92 Å². The number of aromatic nitrogens is 5. The Bertz CT molecular complexity index is 805. The van der Waals surface area contributed by atoms with Gasteiger partial charge in [-0.15, -0.1) is 10.2 Å². The molecule has 0 saturated carbocycles. The Morgan fingerprint density at radius 2 is 2.17 bits per heavy atom. The van der Waals surface area contributed by atoms with Gasteiger partial charge in [-0.05, 0) is 19.1 Å². The van der Waals surface area contributed by atoms with Crippen molar-refractivity contribution in [3.63, 3.8) is 0 Å². The molecule has 0 spiro atoms. The lowest BCUT2D eigenvalue weighted by atomic mass is 10.1. The highest BCUT2D eigenvalue weighted by molar-refractivity contribution is 5.38. The highest BCUT2D eigenvalue weighted by Crippen LogP contribution is 2.18. The summed E-state index contributed by atoms with van der Waals surface area (Å²) in [6, 6.07) is 12.2. The molecule has 1 aromatic carbocycles. The van der Waals surface area contributed by atoms with Crippen LogP contribution in [0.15, 0.2) is 42.7 Å². The molecule has 0 unspecified atom stereocenters. The van der Waals surface area contributed by atoms with Crippen LogP contribution in [0.1, 0.15) is 11.5 Å². The maximum absolute atomic E-state index is 4.51. The van der Waals surface area contributed by atoms with Gasteiger partial charge in [0.05, 0.1) is 12.2 Å². The number of nitrogens with zero attached hydrogens (tertiary/aromatic N) is 5. The number of benzene rings is 1. The Morgan fingerprint density at radius 3 is 3.04 bits per heavy atom. The first kappa shape index (κ1) is 14.9. The summed E-state index contributed by atoms with van der Waals surface area (Å²) in [5.41, 5.74) is 2.14. The second-order valence-electron chi connectivity index (χ2n) is 6.18. The van der Waals surface area contributed by atoms with E-state index in [1.807, 2.05) is 29.7 Å². The topological polar surface area (TPSA) is 72.6 Å². The monoisotopic (exact) mass is 323 g/mol. The standard InChI is InChI=1S/C17H21N7/c1-13-7-16-19-9-14(11-24(16)22-13)8-18-10-17-21-20-12-23(17)15-5-3-2-4-6-15/h2-7,12,14,18-19H,8-11H2,1H3/t14-/m0/s1. The van der Waals surface area contributed by atoms with Gasteiger partial charge in [-0.1, -0.05) is 18.2 Å². The van der Waals surface area contributed by atoms with Gasteiger partial charge in [0.2, 0.25) is 0 Å². The summed E-state index contributed by atoms with van der Waals surface area (Å²) in [5, 5.41) is 19.7. The van der Waals surface area contributed by atoms with Gasteiger partial charge in [0.1, 0.15) is 12.1 Å². The molecule has 3 heterocycles. The van der Waals surface area contributed by atoms with Crippen LogP contribution in [0.4, 0.5) is 5.82 Å². The molecule has 0 fully saturated rings. The molecule has 7 heteroatoms. The van der Waals surface area contributed by atoms with Crippen LogP contribution in [0.3, 0.4) is 0 Å². The van der Waals surface area contributed by atoms with Crippen molar-refractivity contribution < 1.29 is 0 Å². The first-order valence-electron chi connectivity index (χ1n) is 8.23. The number of fused-ring (bicyclic) bond motifs is 1. The molecular weight excluding hydrogens is 302 g/mol. The summed E-state index contributed by atoms with van der Waals surface area (Å²) in [6.45, 7) is 5.53. The quantitative estimate of drug-likeness (QED) is 0.746. The van der Waals surface area contributed by atoms with Crippen molar-refractivity contribution in [2.45, 2.75) is 20.0 Å². The van der Waals surface area contributed by atoms with Crippen LogP contribution in [0, 0.1) is 12.8 Å². The van der Waals surface area contributed by atoms with E-state index in [1.165, 1.54) is 0 Å². The molecule has 1 aliphatic rings. The fourth-order valence-corrected chi connectivity index (χ4v) is 3.09. The Kier molecular flexibility index (Phi) is 4.00. The van der Waals surface area contributed by atoms with Gasteiger partial charge >= 0.3 is 0 Å². The number of para-hydroxylation sites is 1. The van der Waals surface area contributed by atoms with Gasteiger partial charge in [0.15, 0.2) is 5.82 Å². The molecule has 0 radical (unpaired) electrons. The third kappa shape index (κ3) is 3.03. The van der Waals surface area contributed by atoms with Crippen molar-refractivity contribution in [3.05, 3.63) is 54.2 Å². The van der Waals surface area contributed by atoms with Crippen LogP contribution in [-0.4, -0.2) is 37.6 Å². The van der Waals surface area contributed by atoms with Gasteiger partial charge in [-0.2, -0.15) is 5.10 Å². The average Bonchev–Trinajstić information content (AvgIpc) is 3.21. The first-order chi connectivity index (χ1) is 11.8. The van der Waals surface area contributed by atoms with Gasteiger partial charge in [-0.25, -0.2) is 4.68 Å². The number of rotatable bonds is 5. The van der Waals surface area contributed by atoms with E-state index in [9.17, 15) is 0 Å². The number of hydrogen-bond donors (Lipinski definition) is 2. The lowest BCUT2D eigenvalue weighted by Crippen LogP contribution is -2.35. The third-order valence-electron chi connectivity index (χ3n) is 4.27. The van der Waals surface area contributed by atoms with Gasteiger partial charge in [-0.3, -0.25) is 4.57 Å². The fraction of sp³-hybridized carbons (Fsp3) is 0.353. The first-order valence-corrected chi connectivity index (χ1v) is 8.23. The highest BCUT2D eigenvalue weighted by Gasteiger charge is 2.19. The average molecular weight is 323 g/mol. The van der Waals surface area contributed by atoms with E-state index in [0.717, 1.165) is 42.7 Å². The van der Waals surface area contributed by atoms with Crippen molar-refractivity contribution in [1.29, 1.82) is 0 Å². The minimum atomic E-state index is 0.505. The molecular formula is C17H21N7. The maximum Gasteiger partial charge on any atom is 0.151 e. The summed E-state index contributed by atoms with van der Waals surface area (Å²) in [4.78, 5) is 0. The summed E-state index contributed by atoms with van der Waals surface area (Å²) in [7, 11) is 0. The summed E-state index contributed by atoms with van der Waals surface area (Å²) >= 11 is 0. The summed E-state index contributed by atoms with van der Waals surface area (Å²) < 4.78 is 4.07. The van der Waals surface area contributed by atoms with Crippen molar-refractivity contribution in [1.82, 2.24) is 29.9 Å². The van der Waals surface area contributed by atoms with E-state index in [4.69, 9.17) is 0 Å². The van der Waals surface area contributed by atoms with Crippen molar-refractivity contribution >= 4 is 5.82 Å². The van der Waals surface area contributed by atoms with Gasteiger partial charge < -0.3 is 10.6 Å². The SMILES string of the molecule is Cc1cc2n(n1)C[C@@H](CNCc1nncn1-c1ccccc1)CN2. The fourth-order valence-electron chi connectivity index (χ4n) is 3.09. The molecule has 0 bridgehead atoms. The molecule has 7 nitrogen and oxygen atoms in total. The largest absolute Gasteiger partial charge is 0.370 e. The van der Waals surface area contributed by atoms with E-state index in [2.05, 4.69) is 48.8 Å². The predicted molar refractivity (Wildman–Crippen MR) is 92.0 cm³/mol. The van der Waals surface area contributed by atoms with E-state index in [0.29, 0.717) is 12.5 Å². The molecule has 4 rings (SSSR count). The third-order valence-corrected chi connectivity index (χ3v) is 4.27. The minimum absolute atomic E-state index is 0.505. The zero-order chi connectivity index (χ0) is 16.4. The normalized spacial score (nSPS) is 16.6. The molecule has 0 amide bonds. The van der Waals surface area contributed by atoms with Crippen LogP contribution < -0.4 is 10.6 Å². The zero-order valence-electron chi connectivity index (χ0n) is 13.7.